The van der Waals surface area contributed by atoms with Gasteiger partial charge >= 0.3 is 18.3 Å². The van der Waals surface area contributed by atoms with Crippen LogP contribution in [0, 0.1) is 11.6 Å². The number of fused-ring (bicyclic) bond motifs is 2. The summed E-state index contributed by atoms with van der Waals surface area (Å²) in [5, 5.41) is 0.616. The Morgan fingerprint density at radius 3 is 2.52 bits per heavy atom. The third kappa shape index (κ3) is 6.64. The van der Waals surface area contributed by atoms with Crippen molar-refractivity contribution in [2.45, 2.75) is 57.5 Å². The van der Waals surface area contributed by atoms with Gasteiger partial charge in [-0.3, -0.25) is 9.88 Å². The molecule has 9 nitrogen and oxygen atoms in total. The fraction of sp³-hybridized carbons (Fsp3) is 0.455. The van der Waals surface area contributed by atoms with E-state index in [0.29, 0.717) is 10.3 Å². The zero-order valence-corrected chi connectivity index (χ0v) is 27.5. The van der Waals surface area contributed by atoms with Crippen LogP contribution in [-0.4, -0.2) is 94.5 Å². The van der Waals surface area contributed by atoms with Crippen molar-refractivity contribution in [1.82, 2.24) is 24.8 Å². The number of hydrogen-bond donors (Lipinski definition) is 0. The molecule has 6 rings (SSSR count). The van der Waals surface area contributed by atoms with E-state index in [0.717, 1.165) is 19.4 Å². The van der Waals surface area contributed by atoms with E-state index in [4.69, 9.17) is 21.1 Å². The number of alkyl halides is 3. The van der Waals surface area contributed by atoms with Crippen molar-refractivity contribution >= 4 is 45.2 Å². The summed E-state index contributed by atoms with van der Waals surface area (Å²) < 4.78 is 85.7. The second kappa shape index (κ2) is 12.8. The Balaban J connectivity index is 1.45. The number of amides is 1. The maximum atomic E-state index is 16.6. The molecule has 0 saturated carbocycles. The summed E-state index contributed by atoms with van der Waals surface area (Å²) in [5.41, 5.74) is -1.24. The number of halogens is 6. The van der Waals surface area contributed by atoms with Crippen molar-refractivity contribution in [2.24, 2.45) is 0 Å². The number of nitrogens with zero attached hydrogens (tertiary/aromatic N) is 6. The third-order valence-corrected chi connectivity index (χ3v) is 8.97. The molecule has 0 spiro atoms. The number of carbonyl (C=O) groups is 1. The lowest BCUT2D eigenvalue weighted by Crippen LogP contribution is -2.61. The molecule has 1 amide bonds. The molecule has 2 aromatic heterocycles. The molecule has 2 fully saturated rings. The molecule has 4 heterocycles. The summed E-state index contributed by atoms with van der Waals surface area (Å²) in [6, 6.07) is 5.19. The molecule has 2 unspecified atom stereocenters. The standard InChI is InChI=1S/C33H34ClF5N6O3/c1-32(2,3)48-31(46)45-14-13-44(16-23(45)33(37,38)39)29-21-15-40-27(20-9-5-7-18-10-11-22(35)25(34)24(18)20)26(36)28(21)41-30(42-29)47-17-19-8-6-12-43(19)4/h5,7,9-11,15,19,23H,6,8,12-14,16-17H2,1-4H3. The maximum absolute atomic E-state index is 16.6. The Morgan fingerprint density at radius 1 is 1.06 bits per heavy atom. The first-order valence-corrected chi connectivity index (χ1v) is 15.9. The number of carbonyl (C=O) groups excluding carboxylic acids is 1. The first kappa shape index (κ1) is 33.8. The third-order valence-electron chi connectivity index (χ3n) is 8.60. The smallest absolute Gasteiger partial charge is 0.410 e. The number of aromatic nitrogens is 3. The number of ether oxygens (including phenoxy) is 2. The van der Waals surface area contributed by atoms with Crippen LogP contribution in [0.4, 0.5) is 32.6 Å². The second-order valence-electron chi connectivity index (χ2n) is 13.0. The van der Waals surface area contributed by atoms with Crippen LogP contribution >= 0.6 is 11.6 Å². The zero-order chi connectivity index (χ0) is 34.5. The summed E-state index contributed by atoms with van der Waals surface area (Å²) in [6.45, 7) is 4.63. The Morgan fingerprint density at radius 2 is 1.83 bits per heavy atom. The van der Waals surface area contributed by atoms with E-state index in [1.807, 2.05) is 7.05 Å². The van der Waals surface area contributed by atoms with Gasteiger partial charge in [0.1, 0.15) is 41.1 Å². The lowest BCUT2D eigenvalue weighted by Gasteiger charge is -2.42. The monoisotopic (exact) mass is 692 g/mol. The molecule has 15 heteroatoms. The van der Waals surface area contributed by atoms with Gasteiger partial charge in [0.2, 0.25) is 0 Å². The molecule has 2 saturated heterocycles. The Kier molecular flexibility index (Phi) is 9.00. The fourth-order valence-electron chi connectivity index (χ4n) is 6.18. The van der Waals surface area contributed by atoms with Gasteiger partial charge in [-0.1, -0.05) is 35.9 Å². The van der Waals surface area contributed by atoms with Crippen LogP contribution in [0.2, 0.25) is 5.02 Å². The van der Waals surface area contributed by atoms with Crippen molar-refractivity contribution in [1.29, 1.82) is 0 Å². The van der Waals surface area contributed by atoms with E-state index < -0.39 is 42.1 Å². The maximum Gasteiger partial charge on any atom is 0.410 e. The van der Waals surface area contributed by atoms with Crippen LogP contribution in [0.15, 0.2) is 36.5 Å². The van der Waals surface area contributed by atoms with Gasteiger partial charge in [0, 0.05) is 42.8 Å². The number of pyridine rings is 1. The van der Waals surface area contributed by atoms with E-state index in [2.05, 4.69) is 19.9 Å². The van der Waals surface area contributed by atoms with Gasteiger partial charge in [0.15, 0.2) is 5.82 Å². The quantitative estimate of drug-likeness (QED) is 0.203. The molecular formula is C33H34ClF5N6O3. The number of rotatable bonds is 5. The lowest BCUT2D eigenvalue weighted by atomic mass is 10.0. The first-order valence-electron chi connectivity index (χ1n) is 15.5. The molecule has 0 radical (unpaired) electrons. The molecular weight excluding hydrogens is 659 g/mol. The van der Waals surface area contributed by atoms with Crippen LogP contribution in [0.5, 0.6) is 6.01 Å². The van der Waals surface area contributed by atoms with E-state index in [-0.39, 0.29) is 70.1 Å². The summed E-state index contributed by atoms with van der Waals surface area (Å²) in [4.78, 5) is 30.1. The van der Waals surface area contributed by atoms with Crippen LogP contribution in [-0.2, 0) is 4.74 Å². The summed E-state index contributed by atoms with van der Waals surface area (Å²) in [5.74, 6) is -1.64. The molecule has 0 N–H and O–H groups in total. The highest BCUT2D eigenvalue weighted by Gasteiger charge is 2.50. The molecule has 256 valence electrons. The average Bonchev–Trinajstić information content (AvgIpc) is 3.44. The average molecular weight is 693 g/mol. The Hall–Kier alpha value is -4.04. The molecule has 48 heavy (non-hydrogen) atoms. The number of anilines is 1. The van der Waals surface area contributed by atoms with Gasteiger partial charge in [-0.05, 0) is 58.7 Å². The minimum Gasteiger partial charge on any atom is -0.462 e. The first-order chi connectivity index (χ1) is 22.6. The van der Waals surface area contributed by atoms with Gasteiger partial charge in [-0.2, -0.15) is 23.1 Å². The van der Waals surface area contributed by atoms with Gasteiger partial charge in [0.25, 0.3) is 0 Å². The molecule has 2 aromatic carbocycles. The number of likely N-dealkylation sites (tertiary alicyclic amines) is 1. The highest BCUT2D eigenvalue weighted by atomic mass is 35.5. The van der Waals surface area contributed by atoms with Gasteiger partial charge in [-0.15, -0.1) is 0 Å². The van der Waals surface area contributed by atoms with E-state index >= 15 is 4.39 Å². The molecule has 2 aliphatic rings. The van der Waals surface area contributed by atoms with Gasteiger partial charge in [-0.25, -0.2) is 13.6 Å². The van der Waals surface area contributed by atoms with Crippen molar-refractivity contribution in [3.63, 3.8) is 0 Å². The van der Waals surface area contributed by atoms with Crippen LogP contribution in [0.1, 0.15) is 33.6 Å². The fourth-order valence-corrected chi connectivity index (χ4v) is 6.45. The molecule has 2 aliphatic heterocycles. The van der Waals surface area contributed by atoms with E-state index in [9.17, 15) is 22.4 Å². The van der Waals surface area contributed by atoms with Gasteiger partial charge in [0.05, 0.1) is 10.4 Å². The SMILES string of the molecule is CN1CCCC1COc1nc(N2CCN(C(=O)OC(C)(C)C)C(C(F)(F)F)C2)c2cnc(-c3cccc4ccc(F)c(Cl)c34)c(F)c2n1. The predicted molar refractivity (Wildman–Crippen MR) is 171 cm³/mol. The zero-order valence-electron chi connectivity index (χ0n) is 26.7. The Bertz CT molecular complexity index is 1870. The van der Waals surface area contributed by atoms with Crippen molar-refractivity contribution in [3.05, 3.63) is 53.2 Å². The topological polar surface area (TPSA) is 83.9 Å². The van der Waals surface area contributed by atoms with Gasteiger partial charge < -0.3 is 19.3 Å². The minimum absolute atomic E-state index is 0.0331. The molecule has 2 atom stereocenters. The van der Waals surface area contributed by atoms with Crippen LogP contribution < -0.4 is 9.64 Å². The normalized spacial score (nSPS) is 19.4. The molecule has 0 bridgehead atoms. The van der Waals surface area contributed by atoms with Crippen LogP contribution in [0.25, 0.3) is 32.9 Å². The summed E-state index contributed by atoms with van der Waals surface area (Å²) in [7, 11) is 1.95. The lowest BCUT2D eigenvalue weighted by molar-refractivity contribution is -0.181. The number of benzene rings is 2. The molecule has 4 aromatic rings. The highest BCUT2D eigenvalue weighted by Crippen LogP contribution is 2.39. The summed E-state index contributed by atoms with van der Waals surface area (Å²) >= 11 is 6.33. The second-order valence-corrected chi connectivity index (χ2v) is 13.4. The molecule has 0 aliphatic carbocycles. The number of likely N-dealkylation sites (N-methyl/N-ethyl adjacent to an activating group) is 1. The van der Waals surface area contributed by atoms with Crippen LogP contribution in [0.3, 0.4) is 0 Å². The minimum atomic E-state index is -4.82. The summed E-state index contributed by atoms with van der Waals surface area (Å²) in [6.07, 6.45) is -2.81. The van der Waals surface area contributed by atoms with Crippen molar-refractivity contribution in [3.8, 4) is 17.3 Å². The van der Waals surface area contributed by atoms with E-state index in [1.165, 1.54) is 23.2 Å². The largest absolute Gasteiger partial charge is 0.462 e. The predicted octanol–water partition coefficient (Wildman–Crippen LogP) is 7.24. The van der Waals surface area contributed by atoms with Crippen molar-refractivity contribution < 1.29 is 36.2 Å². The van der Waals surface area contributed by atoms with E-state index in [1.54, 1.807) is 39.0 Å². The number of hydrogen-bond acceptors (Lipinski definition) is 8. The number of piperazine rings is 1. The Labute approximate surface area is 278 Å². The van der Waals surface area contributed by atoms with Crippen molar-refractivity contribution in [2.75, 3.05) is 44.7 Å². The highest BCUT2D eigenvalue weighted by molar-refractivity contribution is 6.36.